The van der Waals surface area contributed by atoms with Crippen molar-refractivity contribution in [3.63, 3.8) is 0 Å². The fraction of sp³-hybridized carbons (Fsp3) is 0.300. The summed E-state index contributed by atoms with van der Waals surface area (Å²) in [6.45, 7) is -3.12. The lowest BCUT2D eigenvalue weighted by Crippen LogP contribution is -2.10. The fourth-order valence-corrected chi connectivity index (χ4v) is 1.37. The van der Waals surface area contributed by atoms with Crippen molar-refractivity contribution in [3.8, 4) is 5.75 Å². The molecule has 2 nitrogen and oxygen atoms in total. The molecule has 0 unspecified atom stereocenters. The van der Waals surface area contributed by atoms with E-state index in [-0.39, 0.29) is 23.1 Å². The van der Waals surface area contributed by atoms with Gasteiger partial charge in [-0.1, -0.05) is 28.1 Å². The molecule has 1 aromatic carbocycles. The largest absolute Gasteiger partial charge is 0.431 e. The molecule has 0 fully saturated rings. The van der Waals surface area contributed by atoms with E-state index in [2.05, 4.69) is 20.7 Å². The molecular weight excluding hydrogens is 289 g/mol. The first kappa shape index (κ1) is 13.0. The van der Waals surface area contributed by atoms with E-state index in [1.807, 2.05) is 0 Å². The van der Waals surface area contributed by atoms with Crippen molar-refractivity contribution < 1.29 is 22.7 Å². The summed E-state index contributed by atoms with van der Waals surface area (Å²) in [5, 5.41) is 0.0810. The van der Waals surface area contributed by atoms with Gasteiger partial charge < -0.3 is 4.74 Å². The van der Waals surface area contributed by atoms with Crippen LogP contribution in [-0.4, -0.2) is 17.7 Å². The highest BCUT2D eigenvalue weighted by molar-refractivity contribution is 9.09. The van der Waals surface area contributed by atoms with Crippen LogP contribution in [0.25, 0.3) is 0 Å². The molecule has 0 aliphatic carbocycles. The minimum absolute atomic E-state index is 0.0810. The lowest BCUT2D eigenvalue weighted by Gasteiger charge is -2.10. The van der Waals surface area contributed by atoms with Crippen molar-refractivity contribution in [1.29, 1.82) is 0 Å². The molecule has 0 aliphatic rings. The number of ketones is 1. The van der Waals surface area contributed by atoms with E-state index in [9.17, 15) is 18.0 Å². The molecule has 0 aromatic heterocycles. The maximum absolute atomic E-state index is 13.2. The summed E-state index contributed by atoms with van der Waals surface area (Å²) in [7, 11) is 0. The zero-order valence-corrected chi connectivity index (χ0v) is 9.64. The predicted octanol–water partition coefficient (Wildman–Crippen LogP) is 2.93. The number of halogens is 4. The van der Waals surface area contributed by atoms with E-state index in [1.165, 1.54) is 12.1 Å². The third-order valence-corrected chi connectivity index (χ3v) is 2.42. The Morgan fingerprint density at radius 3 is 2.69 bits per heavy atom. The standard InChI is InChI=1S/C10H8BrF3O2/c11-5-7(15)4-6-2-1-3-8(12)9(6)16-10(13)14/h1-3,10H,4-5H2. The van der Waals surface area contributed by atoms with Crippen LogP contribution in [0.3, 0.4) is 0 Å². The van der Waals surface area contributed by atoms with Crippen LogP contribution < -0.4 is 4.74 Å². The molecule has 0 heterocycles. The number of para-hydroxylation sites is 1. The average molecular weight is 297 g/mol. The molecule has 0 saturated heterocycles. The zero-order chi connectivity index (χ0) is 12.1. The van der Waals surface area contributed by atoms with E-state index in [4.69, 9.17) is 0 Å². The summed E-state index contributed by atoms with van der Waals surface area (Å²) in [6, 6.07) is 3.71. The van der Waals surface area contributed by atoms with E-state index in [1.54, 1.807) is 0 Å². The predicted molar refractivity (Wildman–Crippen MR) is 55.5 cm³/mol. The lowest BCUT2D eigenvalue weighted by atomic mass is 10.1. The molecular formula is C10H8BrF3O2. The fourth-order valence-electron chi connectivity index (χ4n) is 1.17. The number of carbonyl (C=O) groups is 1. The molecule has 0 atom stereocenters. The summed E-state index contributed by atoms with van der Waals surface area (Å²) in [5.74, 6) is -1.71. The van der Waals surface area contributed by atoms with Gasteiger partial charge in [-0.15, -0.1) is 0 Å². The Morgan fingerprint density at radius 2 is 2.12 bits per heavy atom. The van der Waals surface area contributed by atoms with Gasteiger partial charge in [0.2, 0.25) is 0 Å². The number of ether oxygens (including phenoxy) is 1. The third-order valence-electron chi connectivity index (χ3n) is 1.79. The van der Waals surface area contributed by atoms with Crippen LogP contribution in [0.5, 0.6) is 5.75 Å². The average Bonchev–Trinajstić information content (AvgIpc) is 2.22. The van der Waals surface area contributed by atoms with Crippen LogP contribution in [-0.2, 0) is 11.2 Å². The molecule has 0 spiro atoms. The van der Waals surface area contributed by atoms with E-state index in [0.717, 1.165) is 6.07 Å². The van der Waals surface area contributed by atoms with E-state index >= 15 is 0 Å². The summed E-state index contributed by atoms with van der Waals surface area (Å²) < 4.78 is 41.3. The van der Waals surface area contributed by atoms with Gasteiger partial charge in [0.05, 0.1) is 5.33 Å². The molecule has 0 bridgehead atoms. The van der Waals surface area contributed by atoms with Crippen molar-refractivity contribution in [3.05, 3.63) is 29.6 Å². The minimum Gasteiger partial charge on any atom is -0.431 e. The summed E-state index contributed by atoms with van der Waals surface area (Å²) in [6.07, 6.45) is -0.148. The molecule has 1 aromatic rings. The third kappa shape index (κ3) is 3.52. The number of carbonyl (C=O) groups excluding carboxylic acids is 1. The van der Waals surface area contributed by atoms with Crippen LogP contribution in [0.1, 0.15) is 5.56 Å². The maximum Gasteiger partial charge on any atom is 0.387 e. The van der Waals surface area contributed by atoms with Gasteiger partial charge in [-0.25, -0.2) is 4.39 Å². The molecule has 0 saturated carbocycles. The summed E-state index contributed by atoms with van der Waals surface area (Å²) in [4.78, 5) is 11.1. The van der Waals surface area contributed by atoms with Crippen molar-refractivity contribution in [2.45, 2.75) is 13.0 Å². The first-order chi connectivity index (χ1) is 7.54. The first-order valence-electron chi connectivity index (χ1n) is 4.34. The molecule has 6 heteroatoms. The summed E-state index contributed by atoms with van der Waals surface area (Å²) in [5.41, 5.74) is 0.116. The quantitative estimate of drug-likeness (QED) is 0.781. The Kier molecular flexibility index (Phi) is 4.79. The first-order valence-corrected chi connectivity index (χ1v) is 5.46. The summed E-state index contributed by atoms with van der Waals surface area (Å²) >= 11 is 2.93. The van der Waals surface area contributed by atoms with Crippen LogP contribution in [0.2, 0.25) is 0 Å². The Morgan fingerprint density at radius 1 is 1.44 bits per heavy atom. The van der Waals surface area contributed by atoms with Gasteiger partial charge in [0, 0.05) is 12.0 Å². The SMILES string of the molecule is O=C(CBr)Cc1cccc(F)c1OC(F)F. The van der Waals surface area contributed by atoms with Gasteiger partial charge in [-0.3, -0.25) is 4.79 Å². The smallest absolute Gasteiger partial charge is 0.387 e. The molecule has 16 heavy (non-hydrogen) atoms. The maximum atomic E-state index is 13.2. The van der Waals surface area contributed by atoms with Crippen LogP contribution in [0.15, 0.2) is 18.2 Å². The molecule has 1 rings (SSSR count). The van der Waals surface area contributed by atoms with Crippen molar-refractivity contribution in [2.24, 2.45) is 0 Å². The molecule has 0 aliphatic heterocycles. The zero-order valence-electron chi connectivity index (χ0n) is 8.05. The number of Topliss-reactive ketones (excluding diaryl/α,β-unsaturated/α-hetero) is 1. The van der Waals surface area contributed by atoms with Crippen molar-refractivity contribution in [2.75, 3.05) is 5.33 Å². The number of benzene rings is 1. The lowest BCUT2D eigenvalue weighted by molar-refractivity contribution is -0.116. The molecule has 0 amide bonds. The van der Waals surface area contributed by atoms with E-state index in [0.29, 0.717) is 0 Å². The van der Waals surface area contributed by atoms with Crippen LogP contribution in [0, 0.1) is 5.82 Å². The van der Waals surface area contributed by atoms with Crippen molar-refractivity contribution in [1.82, 2.24) is 0 Å². The Bertz CT molecular complexity index is 382. The Labute approximate surface area is 98.5 Å². The van der Waals surface area contributed by atoms with Gasteiger partial charge in [0.1, 0.15) is 5.78 Å². The van der Waals surface area contributed by atoms with Crippen LogP contribution >= 0.6 is 15.9 Å². The Balaban J connectivity index is 2.98. The normalized spacial score (nSPS) is 10.6. The highest BCUT2D eigenvalue weighted by atomic mass is 79.9. The molecule has 0 radical (unpaired) electrons. The van der Waals surface area contributed by atoms with Gasteiger partial charge in [0.15, 0.2) is 11.6 Å². The van der Waals surface area contributed by atoms with Gasteiger partial charge in [-0.2, -0.15) is 8.78 Å². The monoisotopic (exact) mass is 296 g/mol. The Hall–Kier alpha value is -1.04. The van der Waals surface area contributed by atoms with Gasteiger partial charge >= 0.3 is 6.61 Å². The number of alkyl halides is 3. The second kappa shape index (κ2) is 5.89. The number of rotatable bonds is 5. The number of hydrogen-bond donors (Lipinski definition) is 0. The minimum atomic E-state index is -3.12. The second-order valence-electron chi connectivity index (χ2n) is 2.96. The van der Waals surface area contributed by atoms with Crippen molar-refractivity contribution >= 4 is 21.7 Å². The number of hydrogen-bond acceptors (Lipinski definition) is 2. The highest BCUT2D eigenvalue weighted by Gasteiger charge is 2.16. The highest BCUT2D eigenvalue weighted by Crippen LogP contribution is 2.25. The topological polar surface area (TPSA) is 26.3 Å². The van der Waals surface area contributed by atoms with Gasteiger partial charge in [-0.05, 0) is 6.07 Å². The molecule has 88 valence electrons. The van der Waals surface area contributed by atoms with Crippen LogP contribution in [0.4, 0.5) is 13.2 Å². The molecule has 0 N–H and O–H groups in total. The van der Waals surface area contributed by atoms with Gasteiger partial charge in [0.25, 0.3) is 0 Å². The van der Waals surface area contributed by atoms with E-state index < -0.39 is 18.2 Å². The second-order valence-corrected chi connectivity index (χ2v) is 3.52.